The molecule has 39 heavy (non-hydrogen) atoms. The van der Waals surface area contributed by atoms with Crippen molar-refractivity contribution in [3.63, 3.8) is 0 Å². The highest BCUT2D eigenvalue weighted by Gasteiger charge is 2.21. The van der Waals surface area contributed by atoms with Gasteiger partial charge in [-0.25, -0.2) is 9.78 Å². The lowest BCUT2D eigenvalue weighted by Crippen LogP contribution is -2.16. The van der Waals surface area contributed by atoms with Gasteiger partial charge in [0.2, 0.25) is 0 Å². The Hall–Kier alpha value is -5.37. The Morgan fingerprint density at radius 1 is 0.821 bits per heavy atom. The molecule has 0 bridgehead atoms. The third kappa shape index (κ3) is 5.50. The molecule has 0 unspecified atom stereocenters. The summed E-state index contributed by atoms with van der Waals surface area (Å²) in [6.45, 7) is 1.39. The number of ether oxygens (including phenoxy) is 2. The van der Waals surface area contributed by atoms with E-state index in [4.69, 9.17) is 14.5 Å². The number of carbonyl (C=O) groups is 2. The van der Waals surface area contributed by atoms with Gasteiger partial charge in [0.1, 0.15) is 11.5 Å². The Balaban J connectivity index is 1.30. The zero-order valence-corrected chi connectivity index (χ0v) is 20.9. The maximum Gasteiger partial charge on any atom is 0.339 e. The van der Waals surface area contributed by atoms with Crippen LogP contribution in [0.5, 0.6) is 11.5 Å². The van der Waals surface area contributed by atoms with Crippen molar-refractivity contribution in [3.05, 3.63) is 130 Å². The van der Waals surface area contributed by atoms with Crippen molar-refractivity contribution in [2.24, 2.45) is 0 Å². The van der Waals surface area contributed by atoms with Gasteiger partial charge in [0, 0.05) is 28.6 Å². The topological polar surface area (TPSA) is 109 Å². The number of nitrogens with zero attached hydrogens (tertiary/aromatic N) is 2. The lowest BCUT2D eigenvalue weighted by Gasteiger charge is -2.14. The third-order valence-corrected chi connectivity index (χ3v) is 6.18. The van der Waals surface area contributed by atoms with Gasteiger partial charge in [0.25, 0.3) is 5.69 Å². The van der Waals surface area contributed by atoms with Gasteiger partial charge >= 0.3 is 5.97 Å². The number of esters is 1. The molecule has 8 heteroatoms. The van der Waals surface area contributed by atoms with Gasteiger partial charge in [-0.3, -0.25) is 14.9 Å². The number of rotatable bonds is 8. The molecule has 1 heterocycles. The Bertz CT molecular complexity index is 1680. The van der Waals surface area contributed by atoms with Crippen LogP contribution >= 0.6 is 0 Å². The molecule has 0 amide bonds. The van der Waals surface area contributed by atoms with Crippen molar-refractivity contribution in [1.29, 1.82) is 0 Å². The first-order valence-electron chi connectivity index (χ1n) is 12.1. The number of nitro groups is 1. The van der Waals surface area contributed by atoms with Crippen LogP contribution in [-0.4, -0.2) is 28.3 Å². The molecule has 0 aliphatic carbocycles. The largest absolute Gasteiger partial charge is 0.457 e. The molecular formula is C31H22N2O6. The predicted octanol–water partition coefficient (Wildman–Crippen LogP) is 6.95. The Morgan fingerprint density at radius 2 is 1.44 bits per heavy atom. The molecule has 192 valence electrons. The first-order chi connectivity index (χ1) is 18.9. The number of fused-ring (bicyclic) bond motifs is 1. The summed E-state index contributed by atoms with van der Waals surface area (Å²) in [5.41, 5.74) is 3.57. The Kier molecular flexibility index (Phi) is 7.09. The number of hydrogen-bond acceptors (Lipinski definition) is 7. The van der Waals surface area contributed by atoms with E-state index < -0.39 is 17.5 Å². The van der Waals surface area contributed by atoms with Crippen LogP contribution in [0.3, 0.4) is 0 Å². The highest BCUT2D eigenvalue weighted by molar-refractivity contribution is 6.07. The third-order valence-electron chi connectivity index (χ3n) is 6.18. The summed E-state index contributed by atoms with van der Waals surface area (Å²) in [5.74, 6) is -0.104. The highest BCUT2D eigenvalue weighted by atomic mass is 16.6. The maximum atomic E-state index is 13.3. The minimum Gasteiger partial charge on any atom is -0.457 e. The van der Waals surface area contributed by atoms with Gasteiger partial charge in [-0.1, -0.05) is 48.5 Å². The van der Waals surface area contributed by atoms with Gasteiger partial charge in [-0.05, 0) is 55.0 Å². The molecule has 0 aliphatic heterocycles. The molecule has 5 rings (SSSR count). The molecule has 0 N–H and O–H groups in total. The summed E-state index contributed by atoms with van der Waals surface area (Å²) >= 11 is 0. The maximum absolute atomic E-state index is 13.3. The van der Waals surface area contributed by atoms with Crippen molar-refractivity contribution in [2.75, 3.05) is 6.61 Å². The standard InChI is InChI=1S/C31H22N2O6/c1-20-29(26-9-5-6-10-27(26)32-30(20)22-7-3-2-4-8-22)31(35)38-19-28(34)21-11-15-24(16-12-21)39-25-17-13-23(14-18-25)33(36)37/h2-18H,19H2,1H3. The second kappa shape index (κ2) is 10.9. The normalized spacial score (nSPS) is 10.7. The number of pyridine rings is 1. The summed E-state index contributed by atoms with van der Waals surface area (Å²) in [7, 11) is 0. The zero-order chi connectivity index (χ0) is 27.4. The number of para-hydroxylation sites is 1. The molecule has 0 spiro atoms. The van der Waals surface area contributed by atoms with E-state index >= 15 is 0 Å². The van der Waals surface area contributed by atoms with Crippen LogP contribution in [-0.2, 0) is 4.74 Å². The number of benzene rings is 4. The second-order valence-corrected chi connectivity index (χ2v) is 8.72. The number of carbonyl (C=O) groups excluding carboxylic acids is 2. The average Bonchev–Trinajstić information content (AvgIpc) is 2.96. The van der Waals surface area contributed by atoms with Crippen molar-refractivity contribution in [1.82, 2.24) is 4.98 Å². The zero-order valence-electron chi connectivity index (χ0n) is 20.9. The second-order valence-electron chi connectivity index (χ2n) is 8.72. The molecule has 8 nitrogen and oxygen atoms in total. The quantitative estimate of drug-likeness (QED) is 0.0946. The van der Waals surface area contributed by atoms with E-state index in [1.54, 1.807) is 24.3 Å². The van der Waals surface area contributed by atoms with Crippen molar-refractivity contribution in [3.8, 4) is 22.8 Å². The fourth-order valence-corrected chi connectivity index (χ4v) is 4.21. The monoisotopic (exact) mass is 518 g/mol. The summed E-state index contributed by atoms with van der Waals surface area (Å²) in [6, 6.07) is 28.9. The SMILES string of the molecule is Cc1c(-c2ccccc2)nc2ccccc2c1C(=O)OCC(=O)c1ccc(Oc2ccc([N+](=O)[O-])cc2)cc1. The first-order valence-corrected chi connectivity index (χ1v) is 12.1. The van der Waals surface area contributed by atoms with E-state index in [1.807, 2.05) is 61.5 Å². The molecule has 0 aliphatic rings. The van der Waals surface area contributed by atoms with Crippen LogP contribution in [0, 0.1) is 17.0 Å². The summed E-state index contributed by atoms with van der Waals surface area (Å²) in [5, 5.41) is 11.4. The van der Waals surface area contributed by atoms with Crippen LogP contribution < -0.4 is 4.74 Å². The predicted molar refractivity (Wildman–Crippen MR) is 146 cm³/mol. The van der Waals surface area contributed by atoms with E-state index in [1.165, 1.54) is 24.3 Å². The minimum atomic E-state index is -0.602. The summed E-state index contributed by atoms with van der Waals surface area (Å²) in [4.78, 5) is 41.1. The van der Waals surface area contributed by atoms with E-state index in [-0.39, 0.29) is 11.5 Å². The van der Waals surface area contributed by atoms with Crippen molar-refractivity contribution < 1.29 is 24.0 Å². The minimum absolute atomic E-state index is 0.0379. The van der Waals surface area contributed by atoms with Crippen molar-refractivity contribution >= 4 is 28.3 Å². The Labute approximate surface area is 223 Å². The van der Waals surface area contributed by atoms with E-state index in [9.17, 15) is 19.7 Å². The van der Waals surface area contributed by atoms with E-state index in [0.29, 0.717) is 44.8 Å². The van der Waals surface area contributed by atoms with Crippen LogP contribution in [0.1, 0.15) is 26.3 Å². The number of ketones is 1. The lowest BCUT2D eigenvalue weighted by atomic mass is 9.98. The fourth-order valence-electron chi connectivity index (χ4n) is 4.21. The number of nitro benzene ring substituents is 1. The number of aromatic nitrogens is 1. The van der Waals surface area contributed by atoms with Crippen LogP contribution in [0.2, 0.25) is 0 Å². The van der Waals surface area contributed by atoms with Crippen LogP contribution in [0.4, 0.5) is 5.69 Å². The number of hydrogen-bond donors (Lipinski definition) is 0. The number of Topliss-reactive ketones (excluding diaryl/α,β-unsaturated/α-hetero) is 1. The van der Waals surface area contributed by atoms with Crippen molar-refractivity contribution in [2.45, 2.75) is 6.92 Å². The molecule has 0 atom stereocenters. The summed E-state index contributed by atoms with van der Waals surface area (Å²) in [6.07, 6.45) is 0. The van der Waals surface area contributed by atoms with Crippen LogP contribution in [0.25, 0.3) is 22.2 Å². The average molecular weight is 519 g/mol. The van der Waals surface area contributed by atoms with Gasteiger partial charge in [0.15, 0.2) is 12.4 Å². The smallest absolute Gasteiger partial charge is 0.339 e. The molecule has 5 aromatic rings. The van der Waals surface area contributed by atoms with Crippen LogP contribution in [0.15, 0.2) is 103 Å². The van der Waals surface area contributed by atoms with Gasteiger partial charge in [0.05, 0.1) is 21.7 Å². The lowest BCUT2D eigenvalue weighted by molar-refractivity contribution is -0.384. The van der Waals surface area contributed by atoms with E-state index in [2.05, 4.69) is 0 Å². The Morgan fingerprint density at radius 3 is 2.10 bits per heavy atom. The van der Waals surface area contributed by atoms with Gasteiger partial charge in [-0.15, -0.1) is 0 Å². The molecule has 0 radical (unpaired) electrons. The van der Waals surface area contributed by atoms with Gasteiger partial charge < -0.3 is 9.47 Å². The highest BCUT2D eigenvalue weighted by Crippen LogP contribution is 2.30. The molecule has 0 saturated heterocycles. The molecule has 0 saturated carbocycles. The first kappa shape index (κ1) is 25.3. The molecule has 1 aromatic heterocycles. The fraction of sp³-hybridized carbons (Fsp3) is 0.0645. The number of non-ortho nitro benzene ring substituents is 1. The molecule has 4 aromatic carbocycles. The van der Waals surface area contributed by atoms with Gasteiger partial charge in [-0.2, -0.15) is 0 Å². The molecule has 0 fully saturated rings. The molecular weight excluding hydrogens is 496 g/mol. The van der Waals surface area contributed by atoms with E-state index in [0.717, 1.165) is 5.56 Å². The summed E-state index contributed by atoms with van der Waals surface area (Å²) < 4.78 is 11.2.